The lowest BCUT2D eigenvalue weighted by Crippen LogP contribution is -2.37. The summed E-state index contributed by atoms with van der Waals surface area (Å²) in [5, 5.41) is 22.8. The average molecular weight is 478 g/mol. The van der Waals surface area contributed by atoms with Crippen molar-refractivity contribution in [3.63, 3.8) is 0 Å². The van der Waals surface area contributed by atoms with Gasteiger partial charge in [0.2, 0.25) is 0 Å². The van der Waals surface area contributed by atoms with Crippen molar-refractivity contribution in [2.45, 2.75) is 31.3 Å². The summed E-state index contributed by atoms with van der Waals surface area (Å²) in [5.41, 5.74) is 0.904. The number of morpholine rings is 1. The second-order valence-electron chi connectivity index (χ2n) is 8.23. The highest BCUT2D eigenvalue weighted by atomic mass is 19.4. The molecule has 0 saturated carbocycles. The van der Waals surface area contributed by atoms with Gasteiger partial charge in [-0.25, -0.2) is 19.4 Å². The Bertz CT molecular complexity index is 1220. The molecule has 2 atom stereocenters. The number of alkyl halides is 3. The van der Waals surface area contributed by atoms with Crippen LogP contribution in [0.2, 0.25) is 0 Å². The second kappa shape index (κ2) is 8.40. The number of aromatic nitrogens is 4. The van der Waals surface area contributed by atoms with E-state index in [0.717, 1.165) is 16.0 Å². The Balaban J connectivity index is 1.58. The first-order valence-corrected chi connectivity index (χ1v) is 10.6. The smallest absolute Gasteiger partial charge is 0.411 e. The molecule has 1 amide bonds. The Labute approximate surface area is 191 Å². The highest BCUT2D eigenvalue weighted by Gasteiger charge is 2.41. The lowest BCUT2D eigenvalue weighted by molar-refractivity contribution is -0.141. The number of hydrogen-bond donors (Lipinski definition) is 2. The molecule has 180 valence electrons. The number of nitrogens with zero attached hydrogens (tertiary/aromatic N) is 6. The van der Waals surface area contributed by atoms with E-state index in [1.165, 1.54) is 18.3 Å². The number of hydrogen-bond acceptors (Lipinski definition) is 7. The van der Waals surface area contributed by atoms with Gasteiger partial charge in [0, 0.05) is 17.8 Å². The summed E-state index contributed by atoms with van der Waals surface area (Å²) in [5.74, 6) is 0.700. The second-order valence-corrected chi connectivity index (χ2v) is 8.23. The standard InChI is InChI=1S/C21H21F3N6O4/c22-21(23,24)11-30-19-16(8-25-30)18(29-9-15-7-14(29)10-34-15)26-17(27-19)12-1-3-13(4-2-12)28(5-6-31)20(32)33/h1-4,8,14-15,31H,5-7,9-11H2,(H,32,33)/t14-,15-/m0/s1. The number of aliphatic hydroxyl groups excluding tert-OH is 1. The molecule has 2 aliphatic rings. The predicted octanol–water partition coefficient (Wildman–Crippen LogP) is 2.51. The van der Waals surface area contributed by atoms with Crippen molar-refractivity contribution in [2.75, 3.05) is 36.1 Å². The first-order valence-electron chi connectivity index (χ1n) is 10.6. The Morgan fingerprint density at radius 3 is 2.59 bits per heavy atom. The van der Waals surface area contributed by atoms with Gasteiger partial charge in [0.25, 0.3) is 0 Å². The molecule has 2 N–H and O–H groups in total. The number of anilines is 2. The highest BCUT2D eigenvalue weighted by molar-refractivity contribution is 5.90. The largest absolute Gasteiger partial charge is 0.465 e. The molecule has 34 heavy (non-hydrogen) atoms. The van der Waals surface area contributed by atoms with Crippen molar-refractivity contribution in [1.82, 2.24) is 19.7 Å². The molecule has 2 bridgehead atoms. The Hall–Kier alpha value is -3.45. The van der Waals surface area contributed by atoms with Crippen LogP contribution >= 0.6 is 0 Å². The van der Waals surface area contributed by atoms with E-state index in [2.05, 4.69) is 15.1 Å². The van der Waals surface area contributed by atoms with E-state index < -0.39 is 18.8 Å². The summed E-state index contributed by atoms with van der Waals surface area (Å²) < 4.78 is 45.9. The monoisotopic (exact) mass is 478 g/mol. The van der Waals surface area contributed by atoms with Gasteiger partial charge >= 0.3 is 12.3 Å². The van der Waals surface area contributed by atoms with E-state index in [1.54, 1.807) is 12.1 Å². The van der Waals surface area contributed by atoms with Gasteiger partial charge in [0.15, 0.2) is 11.5 Å². The molecule has 4 heterocycles. The minimum absolute atomic E-state index is 0.0523. The number of fused-ring (bicyclic) bond motifs is 3. The summed E-state index contributed by atoms with van der Waals surface area (Å²) >= 11 is 0. The quantitative estimate of drug-likeness (QED) is 0.555. The minimum atomic E-state index is -4.47. The lowest BCUT2D eigenvalue weighted by Gasteiger charge is -2.28. The van der Waals surface area contributed by atoms with Gasteiger partial charge in [0.05, 0.1) is 43.5 Å². The molecule has 5 rings (SSSR count). The third-order valence-corrected chi connectivity index (χ3v) is 5.97. The molecule has 2 fully saturated rings. The normalized spacial score (nSPS) is 19.8. The van der Waals surface area contributed by atoms with E-state index >= 15 is 0 Å². The fourth-order valence-corrected chi connectivity index (χ4v) is 4.46. The van der Waals surface area contributed by atoms with E-state index in [-0.39, 0.29) is 36.8 Å². The van der Waals surface area contributed by atoms with E-state index in [1.807, 2.05) is 4.90 Å². The van der Waals surface area contributed by atoms with Crippen LogP contribution in [-0.4, -0.2) is 80.7 Å². The van der Waals surface area contributed by atoms with Crippen molar-refractivity contribution in [1.29, 1.82) is 0 Å². The minimum Gasteiger partial charge on any atom is -0.465 e. The summed E-state index contributed by atoms with van der Waals surface area (Å²) in [6.07, 6.45) is -3.46. The third-order valence-electron chi connectivity index (χ3n) is 5.97. The third kappa shape index (κ3) is 4.12. The van der Waals surface area contributed by atoms with Crippen molar-refractivity contribution in [2.24, 2.45) is 0 Å². The van der Waals surface area contributed by atoms with Gasteiger partial charge < -0.3 is 19.8 Å². The zero-order chi connectivity index (χ0) is 24.0. The number of rotatable bonds is 6. The summed E-state index contributed by atoms with van der Waals surface area (Å²) in [6.45, 7) is -0.629. The molecule has 0 aliphatic carbocycles. The van der Waals surface area contributed by atoms with Crippen molar-refractivity contribution in [3.8, 4) is 11.4 Å². The van der Waals surface area contributed by atoms with Crippen LogP contribution < -0.4 is 9.80 Å². The molecule has 2 aliphatic heterocycles. The molecule has 3 aromatic rings. The van der Waals surface area contributed by atoms with E-state index in [4.69, 9.17) is 9.84 Å². The number of halogens is 3. The van der Waals surface area contributed by atoms with Crippen LogP contribution in [0, 0.1) is 0 Å². The van der Waals surface area contributed by atoms with Crippen LogP contribution in [0.3, 0.4) is 0 Å². The average Bonchev–Trinajstić information content (AvgIpc) is 3.52. The molecule has 0 spiro atoms. The van der Waals surface area contributed by atoms with Gasteiger partial charge in [-0.1, -0.05) is 0 Å². The van der Waals surface area contributed by atoms with Crippen LogP contribution in [0.1, 0.15) is 6.42 Å². The highest BCUT2D eigenvalue weighted by Crippen LogP contribution is 2.36. The van der Waals surface area contributed by atoms with E-state index in [0.29, 0.717) is 35.6 Å². The number of amides is 1. The Morgan fingerprint density at radius 2 is 2.00 bits per heavy atom. The maximum atomic E-state index is 13.1. The van der Waals surface area contributed by atoms with Gasteiger partial charge in [-0.15, -0.1) is 0 Å². The molecule has 2 saturated heterocycles. The van der Waals surface area contributed by atoms with Crippen molar-refractivity contribution >= 4 is 28.6 Å². The molecule has 0 unspecified atom stereocenters. The van der Waals surface area contributed by atoms with Crippen molar-refractivity contribution < 1.29 is 32.9 Å². The number of carboxylic acid groups (broad SMARTS) is 1. The van der Waals surface area contributed by atoms with E-state index in [9.17, 15) is 23.1 Å². The maximum Gasteiger partial charge on any atom is 0.411 e. The Kier molecular flexibility index (Phi) is 5.52. The molecule has 13 heteroatoms. The topological polar surface area (TPSA) is 117 Å². The zero-order valence-corrected chi connectivity index (χ0v) is 17.8. The first kappa shape index (κ1) is 22.3. The lowest BCUT2D eigenvalue weighted by atomic mass is 10.1. The van der Waals surface area contributed by atoms with Gasteiger partial charge in [-0.3, -0.25) is 4.90 Å². The maximum absolute atomic E-state index is 13.1. The van der Waals surface area contributed by atoms with Gasteiger partial charge in [0.1, 0.15) is 12.4 Å². The predicted molar refractivity (Wildman–Crippen MR) is 115 cm³/mol. The van der Waals surface area contributed by atoms with Crippen LogP contribution in [-0.2, 0) is 11.3 Å². The SMILES string of the molecule is O=C(O)N(CCO)c1ccc(-c2nc(N3C[C@@H]4C[C@H]3CO4)c3cnn(CC(F)(F)F)c3n2)cc1. The number of aliphatic hydroxyl groups is 1. The summed E-state index contributed by atoms with van der Waals surface area (Å²) in [4.78, 5) is 23.5. The molecule has 1 aromatic carbocycles. The van der Waals surface area contributed by atoms with Crippen molar-refractivity contribution in [3.05, 3.63) is 30.5 Å². The van der Waals surface area contributed by atoms with Crippen LogP contribution in [0.15, 0.2) is 30.5 Å². The molecule has 10 nitrogen and oxygen atoms in total. The number of benzene rings is 1. The number of carbonyl (C=O) groups is 1. The molecule has 2 aromatic heterocycles. The van der Waals surface area contributed by atoms with Crippen LogP contribution in [0.25, 0.3) is 22.4 Å². The first-order chi connectivity index (χ1) is 16.2. The summed E-state index contributed by atoms with van der Waals surface area (Å²) in [6, 6.07) is 6.33. The number of ether oxygens (including phenoxy) is 1. The Morgan fingerprint density at radius 1 is 1.24 bits per heavy atom. The van der Waals surface area contributed by atoms with Gasteiger partial charge in [-0.05, 0) is 30.7 Å². The molecule has 0 radical (unpaired) electrons. The summed E-state index contributed by atoms with van der Waals surface area (Å²) in [7, 11) is 0. The fourth-order valence-electron chi connectivity index (χ4n) is 4.46. The zero-order valence-electron chi connectivity index (χ0n) is 17.8. The van der Waals surface area contributed by atoms with Crippen LogP contribution in [0.5, 0.6) is 0 Å². The molecular formula is C21H21F3N6O4. The van der Waals surface area contributed by atoms with Crippen LogP contribution in [0.4, 0.5) is 29.5 Å². The molecular weight excluding hydrogens is 457 g/mol. The van der Waals surface area contributed by atoms with Gasteiger partial charge in [-0.2, -0.15) is 18.3 Å². The fraction of sp³-hybridized carbons (Fsp3) is 0.429.